The molecule has 1 aromatic rings. The molecule has 2 rings (SSSR count). The van der Waals surface area contributed by atoms with E-state index in [1.807, 2.05) is 19.1 Å². The normalized spacial score (nSPS) is 17.2. The molecule has 1 atom stereocenters. The molecule has 0 saturated heterocycles. The number of carbonyl (C=O) groups is 1. The van der Waals surface area contributed by atoms with Gasteiger partial charge in [0.15, 0.2) is 5.78 Å². The summed E-state index contributed by atoms with van der Waals surface area (Å²) >= 11 is 0. The van der Waals surface area contributed by atoms with Crippen molar-refractivity contribution < 1.29 is 4.79 Å². The Bertz CT molecular complexity index is 392. The number of rotatable bonds is 6. The second-order valence-electron chi connectivity index (χ2n) is 5.45. The lowest BCUT2D eigenvalue weighted by atomic mass is 9.79. The quantitative estimate of drug-likeness (QED) is 0.779. The summed E-state index contributed by atoms with van der Waals surface area (Å²) in [7, 11) is 0. The van der Waals surface area contributed by atoms with Crippen LogP contribution in [0.1, 0.15) is 60.9 Å². The first kappa shape index (κ1) is 13.3. The Labute approximate surface area is 110 Å². The van der Waals surface area contributed by atoms with E-state index in [0.29, 0.717) is 6.54 Å². The molecular weight excluding hydrogens is 222 g/mol. The molecule has 1 aliphatic rings. The summed E-state index contributed by atoms with van der Waals surface area (Å²) in [6.07, 6.45) is 5.77. The molecule has 1 fully saturated rings. The van der Waals surface area contributed by atoms with Gasteiger partial charge in [-0.3, -0.25) is 4.79 Å². The van der Waals surface area contributed by atoms with Crippen LogP contribution in [0.4, 0.5) is 0 Å². The second kappa shape index (κ2) is 6.14. The van der Waals surface area contributed by atoms with Gasteiger partial charge >= 0.3 is 0 Å². The zero-order chi connectivity index (χ0) is 13.0. The van der Waals surface area contributed by atoms with Crippen molar-refractivity contribution in [2.75, 3.05) is 6.54 Å². The minimum absolute atomic E-state index is 0.0862. The van der Waals surface area contributed by atoms with Crippen molar-refractivity contribution in [1.82, 2.24) is 0 Å². The molecule has 0 aliphatic heterocycles. The fraction of sp³-hybridized carbons (Fsp3) is 0.562. The van der Waals surface area contributed by atoms with Crippen molar-refractivity contribution >= 4 is 5.78 Å². The van der Waals surface area contributed by atoms with Crippen LogP contribution in [0.5, 0.6) is 0 Å². The summed E-state index contributed by atoms with van der Waals surface area (Å²) < 4.78 is 0. The molecule has 1 unspecified atom stereocenters. The van der Waals surface area contributed by atoms with Crippen LogP contribution in [0.15, 0.2) is 24.3 Å². The number of nitrogens with two attached hydrogens (primary N) is 1. The molecule has 1 aromatic carbocycles. The van der Waals surface area contributed by atoms with Crippen LogP contribution in [-0.4, -0.2) is 12.3 Å². The predicted octanol–water partition coefficient (Wildman–Crippen LogP) is 3.51. The fourth-order valence-corrected chi connectivity index (χ4v) is 2.50. The molecule has 0 bridgehead atoms. The predicted molar refractivity (Wildman–Crippen MR) is 74.8 cm³/mol. The Morgan fingerprint density at radius 2 is 2.00 bits per heavy atom. The number of benzene rings is 1. The van der Waals surface area contributed by atoms with Gasteiger partial charge in [0, 0.05) is 11.5 Å². The topological polar surface area (TPSA) is 43.1 Å². The van der Waals surface area contributed by atoms with Gasteiger partial charge in [0.2, 0.25) is 0 Å². The molecule has 98 valence electrons. The summed E-state index contributed by atoms with van der Waals surface area (Å²) in [5.74, 6) is 1.08. The summed E-state index contributed by atoms with van der Waals surface area (Å²) in [4.78, 5) is 12.2. The molecule has 2 nitrogen and oxygen atoms in total. The Morgan fingerprint density at radius 1 is 1.33 bits per heavy atom. The van der Waals surface area contributed by atoms with E-state index in [-0.39, 0.29) is 11.7 Å². The minimum atomic E-state index is 0.0862. The molecule has 0 aromatic heterocycles. The van der Waals surface area contributed by atoms with E-state index in [0.717, 1.165) is 24.3 Å². The van der Waals surface area contributed by atoms with Crippen LogP contribution in [0.25, 0.3) is 0 Å². The average molecular weight is 245 g/mol. The van der Waals surface area contributed by atoms with Crippen LogP contribution in [0, 0.1) is 5.92 Å². The zero-order valence-electron chi connectivity index (χ0n) is 11.2. The van der Waals surface area contributed by atoms with Crippen molar-refractivity contribution in [3.63, 3.8) is 0 Å². The largest absolute Gasteiger partial charge is 0.330 e. The van der Waals surface area contributed by atoms with Gasteiger partial charge in [-0.15, -0.1) is 0 Å². The van der Waals surface area contributed by atoms with Crippen molar-refractivity contribution in [3.05, 3.63) is 35.4 Å². The third-order valence-electron chi connectivity index (χ3n) is 4.06. The number of hydrogen-bond donors (Lipinski definition) is 1. The van der Waals surface area contributed by atoms with Gasteiger partial charge < -0.3 is 5.73 Å². The van der Waals surface area contributed by atoms with Gasteiger partial charge in [-0.1, -0.05) is 37.6 Å². The maximum absolute atomic E-state index is 12.2. The summed E-state index contributed by atoms with van der Waals surface area (Å²) in [5, 5.41) is 0. The number of carbonyl (C=O) groups excluding carboxylic acids is 1. The van der Waals surface area contributed by atoms with Crippen LogP contribution >= 0.6 is 0 Å². The van der Waals surface area contributed by atoms with Gasteiger partial charge in [-0.25, -0.2) is 0 Å². The molecular formula is C16H23NO. The highest BCUT2D eigenvalue weighted by Crippen LogP contribution is 2.36. The van der Waals surface area contributed by atoms with E-state index < -0.39 is 0 Å². The van der Waals surface area contributed by atoms with E-state index in [2.05, 4.69) is 12.1 Å². The van der Waals surface area contributed by atoms with Gasteiger partial charge in [-0.05, 0) is 43.7 Å². The highest BCUT2D eigenvalue weighted by Gasteiger charge is 2.20. The van der Waals surface area contributed by atoms with Crippen molar-refractivity contribution in [1.29, 1.82) is 0 Å². The molecule has 2 heteroatoms. The molecule has 2 N–H and O–H groups in total. The van der Waals surface area contributed by atoms with Crippen molar-refractivity contribution in [3.8, 4) is 0 Å². The Kier molecular flexibility index (Phi) is 4.54. The molecule has 1 saturated carbocycles. The maximum Gasteiger partial charge on any atom is 0.165 e. The van der Waals surface area contributed by atoms with Crippen LogP contribution in [-0.2, 0) is 0 Å². The number of ketones is 1. The summed E-state index contributed by atoms with van der Waals surface area (Å²) in [6, 6.07) is 8.25. The number of Topliss-reactive ketones (excluding diaryl/α,β-unsaturated/α-hetero) is 1. The van der Waals surface area contributed by atoms with Gasteiger partial charge in [0.05, 0.1) is 0 Å². The maximum atomic E-state index is 12.2. The monoisotopic (exact) mass is 245 g/mol. The Hall–Kier alpha value is -1.15. The van der Waals surface area contributed by atoms with Crippen LogP contribution in [0.2, 0.25) is 0 Å². The molecule has 18 heavy (non-hydrogen) atoms. The first-order chi connectivity index (χ1) is 8.72. The van der Waals surface area contributed by atoms with E-state index in [1.54, 1.807) is 0 Å². The lowest BCUT2D eigenvalue weighted by molar-refractivity contribution is 0.0923. The van der Waals surface area contributed by atoms with E-state index in [1.165, 1.54) is 24.8 Å². The first-order valence-corrected chi connectivity index (χ1v) is 7.06. The fourth-order valence-electron chi connectivity index (χ4n) is 2.50. The zero-order valence-corrected chi connectivity index (χ0v) is 11.2. The van der Waals surface area contributed by atoms with Crippen LogP contribution in [0.3, 0.4) is 0 Å². The average Bonchev–Trinajstić information content (AvgIpc) is 2.34. The molecule has 0 heterocycles. The van der Waals surface area contributed by atoms with Crippen molar-refractivity contribution in [2.45, 2.75) is 44.9 Å². The van der Waals surface area contributed by atoms with Crippen LogP contribution < -0.4 is 5.73 Å². The van der Waals surface area contributed by atoms with Crippen molar-refractivity contribution in [2.24, 2.45) is 11.7 Å². The molecule has 1 aliphatic carbocycles. The van der Waals surface area contributed by atoms with Gasteiger partial charge in [0.1, 0.15) is 0 Å². The van der Waals surface area contributed by atoms with E-state index >= 15 is 0 Å². The first-order valence-electron chi connectivity index (χ1n) is 7.06. The molecule has 0 radical (unpaired) electrons. The highest BCUT2D eigenvalue weighted by atomic mass is 16.1. The lowest BCUT2D eigenvalue weighted by Gasteiger charge is -2.25. The third kappa shape index (κ3) is 2.99. The Morgan fingerprint density at radius 3 is 2.50 bits per heavy atom. The highest BCUT2D eigenvalue weighted by molar-refractivity contribution is 5.97. The number of hydrogen-bond acceptors (Lipinski definition) is 2. The standard InChI is InChI=1S/C16H23NO/c1-12(4-3-11-17)16(18)15-9-7-14(8-10-15)13-5-2-6-13/h7-10,12-13H,2-6,11,17H2,1H3. The van der Waals surface area contributed by atoms with E-state index in [9.17, 15) is 4.79 Å². The SMILES string of the molecule is CC(CCCN)C(=O)c1ccc(C2CCC2)cc1. The lowest BCUT2D eigenvalue weighted by Crippen LogP contribution is -2.14. The minimum Gasteiger partial charge on any atom is -0.330 e. The Balaban J connectivity index is 1.97. The summed E-state index contributed by atoms with van der Waals surface area (Å²) in [6.45, 7) is 2.66. The summed E-state index contributed by atoms with van der Waals surface area (Å²) in [5.41, 5.74) is 7.72. The van der Waals surface area contributed by atoms with Gasteiger partial charge in [0.25, 0.3) is 0 Å². The van der Waals surface area contributed by atoms with Gasteiger partial charge in [-0.2, -0.15) is 0 Å². The van der Waals surface area contributed by atoms with E-state index in [4.69, 9.17) is 5.73 Å². The smallest absolute Gasteiger partial charge is 0.165 e. The molecule has 0 amide bonds. The third-order valence-corrected chi connectivity index (χ3v) is 4.06. The molecule has 0 spiro atoms. The second-order valence-corrected chi connectivity index (χ2v) is 5.45.